The Labute approximate surface area is 128 Å². The zero-order chi connectivity index (χ0) is 14.5. The number of nitrogens with two attached hydrogens (primary N) is 1. The fourth-order valence-electron chi connectivity index (χ4n) is 2.51. The summed E-state index contributed by atoms with van der Waals surface area (Å²) in [6.07, 6.45) is 16.4. The lowest BCUT2D eigenvalue weighted by atomic mass is 10.0. The van der Waals surface area contributed by atoms with E-state index in [1.54, 1.807) is 11.3 Å². The third-order valence-corrected chi connectivity index (χ3v) is 4.60. The van der Waals surface area contributed by atoms with E-state index in [0.717, 1.165) is 12.8 Å². The Morgan fingerprint density at radius 1 is 1.10 bits per heavy atom. The topological polar surface area (TPSA) is 50.9 Å². The quantitative estimate of drug-likeness (QED) is 0.321. The van der Waals surface area contributed by atoms with E-state index in [9.17, 15) is 0 Å². The van der Waals surface area contributed by atoms with E-state index >= 15 is 0 Å². The molecule has 1 aromatic heterocycles. The zero-order valence-corrected chi connectivity index (χ0v) is 13.8. The van der Waals surface area contributed by atoms with E-state index in [4.69, 9.17) is 5.84 Å². The van der Waals surface area contributed by atoms with Gasteiger partial charge in [-0.05, 0) is 6.42 Å². The van der Waals surface area contributed by atoms with Gasteiger partial charge in [-0.15, -0.1) is 11.3 Å². The summed E-state index contributed by atoms with van der Waals surface area (Å²) in [5.74, 6) is 5.63. The molecule has 4 heteroatoms. The molecule has 0 saturated heterocycles. The molecule has 1 unspecified atom stereocenters. The van der Waals surface area contributed by atoms with Crippen LogP contribution in [-0.4, -0.2) is 11.0 Å². The molecule has 116 valence electrons. The fraction of sp³-hybridized carbons (Fsp3) is 0.812. The molecule has 0 spiro atoms. The lowest BCUT2D eigenvalue weighted by Crippen LogP contribution is -2.36. The van der Waals surface area contributed by atoms with Gasteiger partial charge in [0, 0.05) is 24.0 Å². The summed E-state index contributed by atoms with van der Waals surface area (Å²) >= 11 is 1.72. The number of hydrogen-bond acceptors (Lipinski definition) is 4. The first-order valence-corrected chi connectivity index (χ1v) is 9.09. The molecule has 0 aromatic carbocycles. The highest BCUT2D eigenvalue weighted by Gasteiger charge is 2.08. The Kier molecular flexibility index (Phi) is 10.8. The van der Waals surface area contributed by atoms with Gasteiger partial charge in [0.25, 0.3) is 0 Å². The van der Waals surface area contributed by atoms with E-state index in [1.807, 2.05) is 11.6 Å². The van der Waals surface area contributed by atoms with Gasteiger partial charge in [-0.25, -0.2) is 4.98 Å². The third-order valence-electron chi connectivity index (χ3n) is 3.80. The van der Waals surface area contributed by atoms with Crippen molar-refractivity contribution in [3.05, 3.63) is 16.6 Å². The van der Waals surface area contributed by atoms with Crippen molar-refractivity contribution in [2.75, 3.05) is 0 Å². The lowest BCUT2D eigenvalue weighted by Gasteiger charge is -2.14. The van der Waals surface area contributed by atoms with Crippen molar-refractivity contribution in [2.45, 2.75) is 83.6 Å². The largest absolute Gasteiger partial charge is 0.271 e. The van der Waals surface area contributed by atoms with Gasteiger partial charge in [-0.1, -0.05) is 64.7 Å². The van der Waals surface area contributed by atoms with Gasteiger partial charge in [0.15, 0.2) is 0 Å². The molecule has 1 heterocycles. The molecule has 1 rings (SSSR count). The monoisotopic (exact) mass is 297 g/mol. The number of thiazole rings is 1. The molecule has 0 aliphatic rings. The average molecular weight is 298 g/mol. The summed E-state index contributed by atoms with van der Waals surface area (Å²) in [6, 6.07) is 0.380. The summed E-state index contributed by atoms with van der Waals surface area (Å²) in [6.45, 7) is 2.27. The zero-order valence-electron chi connectivity index (χ0n) is 12.9. The van der Waals surface area contributed by atoms with Crippen LogP contribution in [0.2, 0.25) is 0 Å². The Balaban J connectivity index is 1.93. The third kappa shape index (κ3) is 8.67. The van der Waals surface area contributed by atoms with Gasteiger partial charge in [-0.3, -0.25) is 11.3 Å². The van der Waals surface area contributed by atoms with Crippen molar-refractivity contribution in [3.63, 3.8) is 0 Å². The Morgan fingerprint density at radius 3 is 2.30 bits per heavy atom. The van der Waals surface area contributed by atoms with E-state index < -0.39 is 0 Å². The molecule has 1 atom stereocenters. The molecule has 0 radical (unpaired) electrons. The number of hydrazine groups is 1. The van der Waals surface area contributed by atoms with E-state index in [1.165, 1.54) is 62.8 Å². The molecule has 0 aliphatic heterocycles. The molecule has 20 heavy (non-hydrogen) atoms. The number of nitrogens with one attached hydrogen (secondary N) is 1. The van der Waals surface area contributed by atoms with Gasteiger partial charge < -0.3 is 0 Å². The molecule has 3 nitrogen and oxygen atoms in total. The van der Waals surface area contributed by atoms with Crippen LogP contribution in [0.25, 0.3) is 0 Å². The number of rotatable bonds is 13. The number of unbranched alkanes of at least 4 members (excludes halogenated alkanes) is 8. The summed E-state index contributed by atoms with van der Waals surface area (Å²) in [5, 5.41) is 3.21. The lowest BCUT2D eigenvalue weighted by molar-refractivity contribution is 0.457. The Morgan fingerprint density at radius 2 is 1.75 bits per heavy atom. The SMILES string of the molecule is CCCCCCCCCCCC(Cc1nccs1)NN. The van der Waals surface area contributed by atoms with Crippen LogP contribution in [0.1, 0.15) is 76.1 Å². The smallest absolute Gasteiger partial charge is 0.0940 e. The predicted molar refractivity (Wildman–Crippen MR) is 88.8 cm³/mol. The minimum atomic E-state index is 0.380. The van der Waals surface area contributed by atoms with Crippen molar-refractivity contribution in [1.82, 2.24) is 10.4 Å². The highest BCUT2D eigenvalue weighted by Crippen LogP contribution is 2.14. The van der Waals surface area contributed by atoms with E-state index in [-0.39, 0.29) is 0 Å². The second kappa shape index (κ2) is 12.3. The molecule has 0 amide bonds. The summed E-state index contributed by atoms with van der Waals surface area (Å²) in [4.78, 5) is 4.32. The molecule has 0 bridgehead atoms. The number of aromatic nitrogens is 1. The van der Waals surface area contributed by atoms with Gasteiger partial charge in [-0.2, -0.15) is 0 Å². The predicted octanol–water partition coefficient (Wildman–Crippen LogP) is 4.44. The normalized spacial score (nSPS) is 12.7. The van der Waals surface area contributed by atoms with Crippen LogP contribution < -0.4 is 11.3 Å². The highest BCUT2D eigenvalue weighted by atomic mass is 32.1. The van der Waals surface area contributed by atoms with E-state index in [2.05, 4.69) is 17.3 Å². The maximum Gasteiger partial charge on any atom is 0.0940 e. The number of nitrogens with zero attached hydrogens (tertiary/aromatic N) is 1. The molecular formula is C16H31N3S. The van der Waals surface area contributed by atoms with Crippen molar-refractivity contribution in [2.24, 2.45) is 5.84 Å². The van der Waals surface area contributed by atoms with Crippen LogP contribution in [0.15, 0.2) is 11.6 Å². The first kappa shape index (κ1) is 17.6. The minimum absolute atomic E-state index is 0.380. The summed E-state index contributed by atoms with van der Waals surface area (Å²) < 4.78 is 0. The van der Waals surface area contributed by atoms with Crippen LogP contribution in [0.5, 0.6) is 0 Å². The van der Waals surface area contributed by atoms with Gasteiger partial charge in [0.2, 0.25) is 0 Å². The van der Waals surface area contributed by atoms with Gasteiger partial charge in [0.1, 0.15) is 0 Å². The van der Waals surface area contributed by atoms with Gasteiger partial charge >= 0.3 is 0 Å². The minimum Gasteiger partial charge on any atom is -0.271 e. The molecular weight excluding hydrogens is 266 g/mol. The van der Waals surface area contributed by atoms with Crippen molar-refractivity contribution in [1.29, 1.82) is 0 Å². The Bertz CT molecular complexity index is 301. The molecule has 0 aliphatic carbocycles. The highest BCUT2D eigenvalue weighted by molar-refractivity contribution is 7.09. The van der Waals surface area contributed by atoms with Crippen LogP contribution in [-0.2, 0) is 6.42 Å². The van der Waals surface area contributed by atoms with Crippen molar-refractivity contribution in [3.8, 4) is 0 Å². The average Bonchev–Trinajstić information content (AvgIpc) is 2.97. The van der Waals surface area contributed by atoms with Crippen molar-refractivity contribution < 1.29 is 0 Å². The maximum absolute atomic E-state index is 5.63. The standard InChI is InChI=1S/C16H31N3S/c1-2-3-4-5-6-7-8-9-10-11-15(19-17)14-16-18-12-13-20-16/h12-13,15,19H,2-11,14,17H2,1H3. The molecule has 3 N–H and O–H groups in total. The number of hydrogen-bond donors (Lipinski definition) is 2. The maximum atomic E-state index is 5.63. The fourth-order valence-corrected chi connectivity index (χ4v) is 3.21. The van der Waals surface area contributed by atoms with Gasteiger partial charge in [0.05, 0.1) is 5.01 Å². The first-order chi connectivity index (χ1) is 9.86. The summed E-state index contributed by atoms with van der Waals surface area (Å²) in [7, 11) is 0. The molecule has 1 aromatic rings. The van der Waals surface area contributed by atoms with E-state index in [0.29, 0.717) is 6.04 Å². The van der Waals surface area contributed by atoms with Crippen LogP contribution in [0.4, 0.5) is 0 Å². The Hall–Kier alpha value is -0.450. The van der Waals surface area contributed by atoms with Crippen LogP contribution in [0, 0.1) is 0 Å². The van der Waals surface area contributed by atoms with Crippen molar-refractivity contribution >= 4 is 11.3 Å². The van der Waals surface area contributed by atoms with Crippen LogP contribution in [0.3, 0.4) is 0 Å². The van der Waals surface area contributed by atoms with Crippen LogP contribution >= 0.6 is 11.3 Å². The molecule has 0 saturated carbocycles. The summed E-state index contributed by atoms with van der Waals surface area (Å²) in [5.41, 5.74) is 2.93. The second-order valence-electron chi connectivity index (χ2n) is 5.61. The second-order valence-corrected chi connectivity index (χ2v) is 6.59. The first-order valence-electron chi connectivity index (χ1n) is 8.21. The molecule has 0 fully saturated rings.